The Morgan fingerprint density at radius 2 is 1.93 bits per heavy atom. The summed E-state index contributed by atoms with van der Waals surface area (Å²) >= 11 is 0. The molecule has 1 saturated heterocycles. The third kappa shape index (κ3) is 5.37. The van der Waals surface area contributed by atoms with Gasteiger partial charge >= 0.3 is 0 Å². The van der Waals surface area contributed by atoms with Gasteiger partial charge in [0, 0.05) is 44.0 Å². The number of amides is 1. The molecule has 0 aliphatic carbocycles. The lowest BCUT2D eigenvalue weighted by molar-refractivity contribution is -0.384. The number of nitrogens with one attached hydrogen (secondary N) is 1. The first-order valence-electron chi connectivity index (χ1n) is 9.53. The van der Waals surface area contributed by atoms with Crippen molar-refractivity contribution in [3.8, 4) is 0 Å². The minimum Gasteiger partial charge on any atom is -0.314 e. The van der Waals surface area contributed by atoms with Crippen molar-refractivity contribution in [3.05, 3.63) is 70.3 Å². The number of anilines is 1. The van der Waals surface area contributed by atoms with Gasteiger partial charge < -0.3 is 10.2 Å². The molecule has 28 heavy (non-hydrogen) atoms. The fourth-order valence-corrected chi connectivity index (χ4v) is 3.46. The van der Waals surface area contributed by atoms with E-state index in [0.29, 0.717) is 18.3 Å². The summed E-state index contributed by atoms with van der Waals surface area (Å²) < 4.78 is 0. The maximum Gasteiger partial charge on any atom is 0.269 e. The van der Waals surface area contributed by atoms with Crippen molar-refractivity contribution in [3.63, 3.8) is 0 Å². The second-order valence-corrected chi connectivity index (χ2v) is 7.17. The zero-order valence-electron chi connectivity index (χ0n) is 16.1. The average Bonchev–Trinajstić information content (AvgIpc) is 2.73. The maximum atomic E-state index is 12.6. The monoisotopic (exact) mass is 382 g/mol. The molecule has 1 heterocycles. The van der Waals surface area contributed by atoms with Crippen LogP contribution in [0.4, 0.5) is 11.4 Å². The van der Waals surface area contributed by atoms with Gasteiger partial charge in [0.05, 0.1) is 11.5 Å². The standard InChI is InChI=1S/C21H26N4O3/c1-23(19-9-11-20(12-10-19)25(27)28)21(26)16-24-13-5-8-18(15-24)22-14-17-6-3-2-4-7-17/h2-4,6-7,9-12,18,22H,5,8,13-16H2,1H3/t18-/m1/s1. The first-order valence-corrected chi connectivity index (χ1v) is 9.53. The van der Waals surface area contributed by atoms with Crippen LogP contribution in [0.15, 0.2) is 54.6 Å². The SMILES string of the molecule is CN(C(=O)CN1CCC[C@@H](NCc2ccccc2)C1)c1ccc([N+](=O)[O-])cc1. The Morgan fingerprint density at radius 3 is 2.61 bits per heavy atom. The lowest BCUT2D eigenvalue weighted by atomic mass is 10.1. The van der Waals surface area contributed by atoms with Gasteiger partial charge in [0.25, 0.3) is 5.69 Å². The number of carbonyl (C=O) groups excluding carboxylic acids is 1. The summed E-state index contributed by atoms with van der Waals surface area (Å²) in [6.45, 7) is 2.92. The highest BCUT2D eigenvalue weighted by atomic mass is 16.6. The summed E-state index contributed by atoms with van der Waals surface area (Å²) in [5.41, 5.74) is 1.94. The molecule has 0 spiro atoms. The van der Waals surface area contributed by atoms with E-state index >= 15 is 0 Å². The second-order valence-electron chi connectivity index (χ2n) is 7.17. The Morgan fingerprint density at radius 1 is 1.21 bits per heavy atom. The number of benzene rings is 2. The van der Waals surface area contributed by atoms with Crippen molar-refractivity contribution in [2.75, 3.05) is 31.6 Å². The lowest BCUT2D eigenvalue weighted by Gasteiger charge is -2.33. The van der Waals surface area contributed by atoms with Crippen LogP contribution in [-0.2, 0) is 11.3 Å². The van der Waals surface area contributed by atoms with Crippen LogP contribution in [0.25, 0.3) is 0 Å². The number of hydrogen-bond acceptors (Lipinski definition) is 5. The van der Waals surface area contributed by atoms with Crippen molar-refractivity contribution in [1.82, 2.24) is 10.2 Å². The van der Waals surface area contributed by atoms with Gasteiger partial charge in [0.2, 0.25) is 5.91 Å². The number of carbonyl (C=O) groups is 1. The minimum absolute atomic E-state index is 0.0161. The molecule has 0 aromatic heterocycles. The largest absolute Gasteiger partial charge is 0.314 e. The van der Waals surface area contributed by atoms with Gasteiger partial charge in [0.1, 0.15) is 0 Å². The first-order chi connectivity index (χ1) is 13.5. The van der Waals surface area contributed by atoms with Gasteiger partial charge in [-0.15, -0.1) is 0 Å². The fraction of sp³-hybridized carbons (Fsp3) is 0.381. The fourth-order valence-electron chi connectivity index (χ4n) is 3.46. The summed E-state index contributed by atoms with van der Waals surface area (Å²) in [5, 5.41) is 14.4. The predicted octanol–water partition coefficient (Wildman–Crippen LogP) is 2.81. The summed E-state index contributed by atoms with van der Waals surface area (Å²) in [4.78, 5) is 26.7. The van der Waals surface area contributed by atoms with E-state index in [-0.39, 0.29) is 11.6 Å². The van der Waals surface area contributed by atoms with Gasteiger partial charge in [-0.25, -0.2) is 0 Å². The summed E-state index contributed by atoms with van der Waals surface area (Å²) in [6, 6.07) is 16.7. The number of nitrogens with zero attached hydrogens (tertiary/aromatic N) is 3. The van der Waals surface area contributed by atoms with E-state index in [9.17, 15) is 14.9 Å². The molecule has 1 N–H and O–H groups in total. The molecule has 1 aliphatic heterocycles. The molecule has 0 bridgehead atoms. The number of nitro groups is 1. The van der Waals surface area contributed by atoms with Crippen molar-refractivity contribution in [1.29, 1.82) is 0 Å². The van der Waals surface area contributed by atoms with Gasteiger partial charge in [-0.2, -0.15) is 0 Å². The van der Waals surface area contributed by atoms with Crippen molar-refractivity contribution >= 4 is 17.3 Å². The molecule has 7 heteroatoms. The zero-order valence-corrected chi connectivity index (χ0v) is 16.1. The third-order valence-electron chi connectivity index (χ3n) is 5.12. The quantitative estimate of drug-likeness (QED) is 0.588. The van der Waals surface area contributed by atoms with E-state index in [1.165, 1.54) is 17.7 Å². The number of nitro benzene ring substituents is 1. The van der Waals surface area contributed by atoms with E-state index < -0.39 is 4.92 Å². The van der Waals surface area contributed by atoms with Crippen LogP contribution in [0, 0.1) is 10.1 Å². The Kier molecular flexibility index (Phi) is 6.73. The van der Waals surface area contributed by atoms with Crippen LogP contribution < -0.4 is 10.2 Å². The van der Waals surface area contributed by atoms with Crippen LogP contribution >= 0.6 is 0 Å². The molecule has 2 aromatic rings. The highest BCUT2D eigenvalue weighted by Gasteiger charge is 2.23. The smallest absolute Gasteiger partial charge is 0.269 e. The molecule has 2 aromatic carbocycles. The number of rotatable bonds is 7. The van der Waals surface area contributed by atoms with Gasteiger partial charge in [0.15, 0.2) is 0 Å². The number of likely N-dealkylation sites (N-methyl/N-ethyl adjacent to an activating group) is 1. The predicted molar refractivity (Wildman–Crippen MR) is 109 cm³/mol. The molecule has 7 nitrogen and oxygen atoms in total. The first kappa shape index (κ1) is 20.0. The molecule has 0 unspecified atom stereocenters. The van der Waals surface area contributed by atoms with E-state index in [1.807, 2.05) is 18.2 Å². The summed E-state index contributed by atoms with van der Waals surface area (Å²) in [6.07, 6.45) is 2.16. The van der Waals surface area contributed by atoms with Gasteiger partial charge in [-0.3, -0.25) is 19.8 Å². The molecule has 148 valence electrons. The van der Waals surface area contributed by atoms with Crippen molar-refractivity contribution in [2.45, 2.75) is 25.4 Å². The van der Waals surface area contributed by atoms with E-state index in [1.54, 1.807) is 24.1 Å². The minimum atomic E-state index is -0.443. The lowest BCUT2D eigenvalue weighted by Crippen LogP contribution is -2.48. The van der Waals surface area contributed by atoms with Crippen molar-refractivity contribution in [2.24, 2.45) is 0 Å². The van der Waals surface area contributed by atoms with Crippen molar-refractivity contribution < 1.29 is 9.72 Å². The van der Waals surface area contributed by atoms with Gasteiger partial charge in [-0.05, 0) is 37.1 Å². The molecular formula is C21H26N4O3. The van der Waals surface area contributed by atoms with E-state index in [0.717, 1.165) is 32.5 Å². The number of hydrogen-bond donors (Lipinski definition) is 1. The van der Waals surface area contributed by atoms with Crippen LogP contribution in [0.5, 0.6) is 0 Å². The number of likely N-dealkylation sites (tertiary alicyclic amines) is 1. The van der Waals surface area contributed by atoms with Gasteiger partial charge in [-0.1, -0.05) is 30.3 Å². The normalized spacial score (nSPS) is 17.2. The molecule has 1 amide bonds. The molecule has 1 atom stereocenters. The Bertz CT molecular complexity index is 795. The van der Waals surface area contributed by atoms with Crippen LogP contribution in [-0.4, -0.2) is 48.5 Å². The van der Waals surface area contributed by atoms with Crippen LogP contribution in [0.1, 0.15) is 18.4 Å². The topological polar surface area (TPSA) is 78.7 Å². The number of piperidine rings is 1. The van der Waals surface area contributed by atoms with Crippen LogP contribution in [0.3, 0.4) is 0 Å². The Labute approximate surface area is 165 Å². The highest BCUT2D eigenvalue weighted by Crippen LogP contribution is 2.19. The Hall–Kier alpha value is -2.77. The highest BCUT2D eigenvalue weighted by molar-refractivity contribution is 5.94. The molecule has 3 rings (SSSR count). The second kappa shape index (κ2) is 9.43. The molecule has 0 saturated carbocycles. The number of non-ortho nitro benzene ring substituents is 1. The summed E-state index contributed by atoms with van der Waals surface area (Å²) in [7, 11) is 1.71. The zero-order chi connectivity index (χ0) is 19.9. The maximum absolute atomic E-state index is 12.6. The van der Waals surface area contributed by atoms with E-state index in [2.05, 4.69) is 22.3 Å². The summed E-state index contributed by atoms with van der Waals surface area (Å²) in [5.74, 6) is -0.0161. The van der Waals surface area contributed by atoms with Crippen LogP contribution in [0.2, 0.25) is 0 Å². The Balaban J connectivity index is 1.50. The molecular weight excluding hydrogens is 356 g/mol. The van der Waals surface area contributed by atoms with E-state index in [4.69, 9.17) is 0 Å². The molecule has 0 radical (unpaired) electrons. The third-order valence-corrected chi connectivity index (χ3v) is 5.12. The molecule has 1 aliphatic rings. The average molecular weight is 382 g/mol. The molecule has 1 fully saturated rings.